The molecule has 6 heteroatoms. The fraction of sp³-hybridized carbons (Fsp3) is 0.379. The van der Waals surface area contributed by atoms with Gasteiger partial charge in [0.05, 0.1) is 5.69 Å². The molecule has 2 saturated heterocycles. The third-order valence-corrected chi connectivity index (χ3v) is 7.71. The number of fused-ring (bicyclic) bond motifs is 1. The van der Waals surface area contributed by atoms with Crippen molar-refractivity contribution < 1.29 is 9.53 Å². The van der Waals surface area contributed by atoms with Gasteiger partial charge in [-0.3, -0.25) is 9.69 Å². The van der Waals surface area contributed by atoms with E-state index in [0.717, 1.165) is 47.7 Å². The van der Waals surface area contributed by atoms with E-state index in [4.69, 9.17) is 9.72 Å². The number of benzene rings is 2. The Labute approximate surface area is 206 Å². The standard InChI is InChI=1S/C29H32N4O2/c1-2-33-25-16-24(22-6-4-3-5-7-22)27(31-28(25)35-18-26(33)34)23-10-8-21(9-11-23)17-32-19-29(20-32)12-14-30-15-13-29/h3-11,16,30H,2,12-15,17-20H2,1H3. The maximum atomic E-state index is 12.4. The molecule has 0 aliphatic carbocycles. The molecular weight excluding hydrogens is 436 g/mol. The molecule has 1 amide bonds. The van der Waals surface area contributed by atoms with E-state index in [2.05, 4.69) is 52.7 Å². The van der Waals surface area contributed by atoms with Crippen LogP contribution in [0, 0.1) is 5.41 Å². The topological polar surface area (TPSA) is 57.7 Å². The fourth-order valence-electron chi connectivity index (χ4n) is 5.85. The van der Waals surface area contributed by atoms with Crippen molar-refractivity contribution in [3.05, 3.63) is 66.2 Å². The van der Waals surface area contributed by atoms with E-state index in [1.54, 1.807) is 4.90 Å². The maximum Gasteiger partial charge on any atom is 0.265 e. The molecule has 0 saturated carbocycles. The van der Waals surface area contributed by atoms with Crippen LogP contribution >= 0.6 is 0 Å². The van der Waals surface area contributed by atoms with Gasteiger partial charge >= 0.3 is 0 Å². The molecule has 3 aliphatic heterocycles. The van der Waals surface area contributed by atoms with Crippen LogP contribution in [-0.4, -0.2) is 55.1 Å². The number of carbonyl (C=O) groups excluding carboxylic acids is 1. The highest BCUT2D eigenvalue weighted by molar-refractivity contribution is 5.99. The molecule has 3 aromatic rings. The summed E-state index contributed by atoms with van der Waals surface area (Å²) >= 11 is 0. The lowest BCUT2D eigenvalue weighted by molar-refractivity contribution is -0.121. The highest BCUT2D eigenvalue weighted by Gasteiger charge is 2.42. The van der Waals surface area contributed by atoms with Gasteiger partial charge in [-0.25, -0.2) is 4.98 Å². The Kier molecular flexibility index (Phi) is 5.78. The minimum atomic E-state index is -0.0322. The van der Waals surface area contributed by atoms with Crippen LogP contribution in [0.3, 0.4) is 0 Å². The Morgan fingerprint density at radius 2 is 1.74 bits per heavy atom. The summed E-state index contributed by atoms with van der Waals surface area (Å²) in [7, 11) is 0. The number of likely N-dealkylation sites (N-methyl/N-ethyl adjacent to an activating group) is 1. The van der Waals surface area contributed by atoms with Crippen LogP contribution < -0.4 is 15.0 Å². The molecule has 0 radical (unpaired) electrons. The third kappa shape index (κ3) is 4.21. The summed E-state index contributed by atoms with van der Waals surface area (Å²) in [5.74, 6) is 0.494. The summed E-state index contributed by atoms with van der Waals surface area (Å²) in [6.45, 7) is 8.35. The molecule has 3 aliphatic rings. The number of anilines is 1. The Balaban J connectivity index is 1.28. The summed E-state index contributed by atoms with van der Waals surface area (Å²) in [6, 6.07) is 21.1. The van der Waals surface area contributed by atoms with Crippen molar-refractivity contribution >= 4 is 11.6 Å². The first-order valence-corrected chi connectivity index (χ1v) is 12.7. The number of ether oxygens (including phenoxy) is 1. The molecule has 0 bridgehead atoms. The SMILES string of the molecule is CCN1C(=O)COc2nc(-c3ccc(CN4CC5(CCNCC5)C4)cc3)c(-c3ccccc3)cc21. The van der Waals surface area contributed by atoms with Gasteiger partial charge in [0, 0.05) is 37.3 Å². The van der Waals surface area contributed by atoms with Crippen LogP contribution in [-0.2, 0) is 11.3 Å². The molecule has 6 rings (SSSR count). The number of nitrogens with one attached hydrogen (secondary N) is 1. The Bertz CT molecular complexity index is 1210. The highest BCUT2D eigenvalue weighted by Crippen LogP contribution is 2.41. The molecule has 2 aromatic carbocycles. The first-order valence-electron chi connectivity index (χ1n) is 12.7. The van der Waals surface area contributed by atoms with E-state index in [1.165, 1.54) is 31.5 Å². The molecule has 35 heavy (non-hydrogen) atoms. The average Bonchev–Trinajstić information content (AvgIpc) is 2.89. The fourth-order valence-corrected chi connectivity index (χ4v) is 5.85. The molecule has 180 valence electrons. The van der Waals surface area contributed by atoms with Crippen LogP contribution in [0.2, 0.25) is 0 Å². The van der Waals surface area contributed by atoms with E-state index in [9.17, 15) is 4.79 Å². The number of amides is 1. The first-order chi connectivity index (χ1) is 17.1. The molecule has 1 aromatic heterocycles. The van der Waals surface area contributed by atoms with Crippen molar-refractivity contribution in [1.82, 2.24) is 15.2 Å². The minimum absolute atomic E-state index is 0.0320. The number of likely N-dealkylation sites (tertiary alicyclic amines) is 1. The number of aromatic nitrogens is 1. The van der Waals surface area contributed by atoms with Gasteiger partial charge in [-0.2, -0.15) is 0 Å². The van der Waals surface area contributed by atoms with Crippen molar-refractivity contribution in [3.63, 3.8) is 0 Å². The number of rotatable bonds is 5. The van der Waals surface area contributed by atoms with Crippen LogP contribution in [0.25, 0.3) is 22.4 Å². The average molecular weight is 469 g/mol. The molecular formula is C29H32N4O2. The largest absolute Gasteiger partial charge is 0.466 e. The smallest absolute Gasteiger partial charge is 0.265 e. The summed E-state index contributed by atoms with van der Waals surface area (Å²) < 4.78 is 5.76. The number of hydrogen-bond acceptors (Lipinski definition) is 5. The van der Waals surface area contributed by atoms with Gasteiger partial charge in [-0.1, -0.05) is 54.6 Å². The van der Waals surface area contributed by atoms with Gasteiger partial charge in [0.1, 0.15) is 5.69 Å². The van der Waals surface area contributed by atoms with E-state index < -0.39 is 0 Å². The lowest BCUT2D eigenvalue weighted by Gasteiger charge is -2.52. The number of hydrogen-bond donors (Lipinski definition) is 1. The van der Waals surface area contributed by atoms with Crippen molar-refractivity contribution in [3.8, 4) is 28.3 Å². The van der Waals surface area contributed by atoms with E-state index in [-0.39, 0.29) is 12.5 Å². The first kappa shape index (κ1) is 22.3. The van der Waals surface area contributed by atoms with Crippen LogP contribution in [0.1, 0.15) is 25.3 Å². The lowest BCUT2D eigenvalue weighted by atomic mass is 9.72. The molecule has 6 nitrogen and oxygen atoms in total. The summed E-state index contributed by atoms with van der Waals surface area (Å²) in [5.41, 5.74) is 6.63. The van der Waals surface area contributed by atoms with Crippen molar-refractivity contribution in [2.45, 2.75) is 26.3 Å². The van der Waals surface area contributed by atoms with Crippen LogP contribution in [0.4, 0.5) is 5.69 Å². The second-order valence-electron chi connectivity index (χ2n) is 10.1. The van der Waals surface area contributed by atoms with Gasteiger partial charge in [0.15, 0.2) is 6.61 Å². The van der Waals surface area contributed by atoms with Crippen LogP contribution in [0.5, 0.6) is 5.88 Å². The second kappa shape index (κ2) is 9.10. The highest BCUT2D eigenvalue weighted by atomic mass is 16.5. The monoisotopic (exact) mass is 468 g/mol. The molecule has 0 unspecified atom stereocenters. The quantitative estimate of drug-likeness (QED) is 0.604. The Morgan fingerprint density at radius 3 is 2.46 bits per heavy atom. The normalized spacial score (nSPS) is 19.2. The zero-order valence-electron chi connectivity index (χ0n) is 20.3. The molecule has 2 fully saturated rings. The predicted octanol–water partition coefficient (Wildman–Crippen LogP) is 4.35. The maximum absolute atomic E-state index is 12.4. The molecule has 0 atom stereocenters. The number of pyridine rings is 1. The number of carbonyl (C=O) groups is 1. The van der Waals surface area contributed by atoms with E-state index >= 15 is 0 Å². The van der Waals surface area contributed by atoms with Crippen molar-refractivity contribution in [1.29, 1.82) is 0 Å². The molecule has 4 heterocycles. The van der Waals surface area contributed by atoms with Gasteiger partial charge < -0.3 is 15.0 Å². The zero-order chi connectivity index (χ0) is 23.8. The summed E-state index contributed by atoms with van der Waals surface area (Å²) in [4.78, 5) is 21.7. The minimum Gasteiger partial charge on any atom is -0.466 e. The molecule has 1 spiro atoms. The van der Waals surface area contributed by atoms with Gasteiger partial charge in [-0.15, -0.1) is 0 Å². The lowest BCUT2D eigenvalue weighted by Crippen LogP contribution is -2.59. The molecule has 1 N–H and O–H groups in total. The third-order valence-electron chi connectivity index (χ3n) is 7.71. The number of piperidine rings is 1. The van der Waals surface area contributed by atoms with Gasteiger partial charge in [0.25, 0.3) is 5.91 Å². The number of nitrogens with zero attached hydrogens (tertiary/aromatic N) is 3. The zero-order valence-corrected chi connectivity index (χ0v) is 20.3. The van der Waals surface area contributed by atoms with Gasteiger partial charge in [-0.05, 0) is 55.5 Å². The second-order valence-corrected chi connectivity index (χ2v) is 10.1. The summed E-state index contributed by atoms with van der Waals surface area (Å²) in [6.07, 6.45) is 2.61. The van der Waals surface area contributed by atoms with Crippen molar-refractivity contribution in [2.24, 2.45) is 5.41 Å². The van der Waals surface area contributed by atoms with Crippen LogP contribution in [0.15, 0.2) is 60.7 Å². The Morgan fingerprint density at radius 1 is 1.00 bits per heavy atom. The van der Waals surface area contributed by atoms with E-state index in [1.807, 2.05) is 25.1 Å². The van der Waals surface area contributed by atoms with Gasteiger partial charge in [0.2, 0.25) is 5.88 Å². The summed E-state index contributed by atoms with van der Waals surface area (Å²) in [5, 5.41) is 3.48. The van der Waals surface area contributed by atoms with Crippen molar-refractivity contribution in [2.75, 3.05) is 44.2 Å². The Hall–Kier alpha value is -3.22. The van der Waals surface area contributed by atoms with E-state index in [0.29, 0.717) is 17.8 Å². The predicted molar refractivity (Wildman–Crippen MR) is 138 cm³/mol.